The Hall–Kier alpha value is -5.40. The highest BCUT2D eigenvalue weighted by Gasteiger charge is 2.32. The fourth-order valence-electron chi connectivity index (χ4n) is 4.91. The maximum atomic E-state index is 13.8. The number of hydrogen-bond acceptors (Lipinski definition) is 8. The number of carbonyl (C=O) groups is 4. The van der Waals surface area contributed by atoms with Crippen LogP contribution >= 0.6 is 0 Å². The predicted octanol–water partition coefficient (Wildman–Crippen LogP) is 0.854. The van der Waals surface area contributed by atoms with Gasteiger partial charge >= 0.3 is 5.97 Å². The number of carboxylic acid groups (broad SMARTS) is 1. The first kappa shape index (κ1) is 33.5. The topological polar surface area (TPSA) is 227 Å². The number of hydrogen-bond donors (Lipinski definition) is 9. The molecule has 242 valence electrons. The molecule has 0 radical (unpaired) electrons. The van der Waals surface area contributed by atoms with Gasteiger partial charge in [0.05, 0.1) is 6.10 Å². The standard InChI is InChI=1S/C33H37N5O8/c1-18(39)29(34)32(44)37-26(14-19-6-10-22(40)11-7-19)30(42)36-27(16-21-17-35-25-5-3-2-4-24(21)25)31(43)38-28(33(45)46)15-20-8-12-23(41)13-9-20/h2-13,17-18,26-29,35,39-41H,14-16,34H2,1H3,(H,36,42)(H,37,44)(H,38,43)(H,45,46). The number of fused-ring (bicyclic) bond motifs is 1. The van der Waals surface area contributed by atoms with Gasteiger partial charge in [0.25, 0.3) is 0 Å². The van der Waals surface area contributed by atoms with Crippen molar-refractivity contribution in [1.29, 1.82) is 0 Å². The fourth-order valence-corrected chi connectivity index (χ4v) is 4.91. The van der Waals surface area contributed by atoms with E-state index in [-0.39, 0.29) is 30.8 Å². The van der Waals surface area contributed by atoms with E-state index < -0.39 is 54.0 Å². The summed E-state index contributed by atoms with van der Waals surface area (Å²) in [5.74, 6) is -3.63. The first-order valence-electron chi connectivity index (χ1n) is 14.6. The molecule has 4 rings (SSSR count). The van der Waals surface area contributed by atoms with Gasteiger partial charge in [0.2, 0.25) is 17.7 Å². The summed E-state index contributed by atoms with van der Waals surface area (Å²) in [6.45, 7) is 1.33. The van der Waals surface area contributed by atoms with Gasteiger partial charge in [-0.15, -0.1) is 0 Å². The van der Waals surface area contributed by atoms with Crippen LogP contribution in [-0.2, 0) is 38.4 Å². The van der Waals surface area contributed by atoms with E-state index in [9.17, 15) is 39.6 Å². The second-order valence-electron chi connectivity index (χ2n) is 11.1. The number of benzene rings is 3. The lowest BCUT2D eigenvalue weighted by molar-refractivity contribution is -0.142. The monoisotopic (exact) mass is 631 g/mol. The largest absolute Gasteiger partial charge is 0.508 e. The number of aliphatic hydroxyl groups is 1. The molecule has 0 saturated heterocycles. The van der Waals surface area contributed by atoms with Crippen molar-refractivity contribution in [3.63, 3.8) is 0 Å². The molecule has 13 heteroatoms. The molecular weight excluding hydrogens is 594 g/mol. The van der Waals surface area contributed by atoms with Crippen molar-refractivity contribution >= 4 is 34.6 Å². The van der Waals surface area contributed by atoms with Gasteiger partial charge in [-0.25, -0.2) is 4.79 Å². The molecule has 4 aromatic rings. The van der Waals surface area contributed by atoms with Crippen LogP contribution in [0.3, 0.4) is 0 Å². The number of para-hydroxylation sites is 1. The van der Waals surface area contributed by atoms with Gasteiger partial charge in [-0.05, 0) is 53.9 Å². The summed E-state index contributed by atoms with van der Waals surface area (Å²) >= 11 is 0. The zero-order valence-electron chi connectivity index (χ0n) is 25.0. The Labute approximate surface area is 264 Å². The third kappa shape index (κ3) is 8.83. The van der Waals surface area contributed by atoms with Crippen LogP contribution in [0.5, 0.6) is 11.5 Å². The number of nitrogens with one attached hydrogen (secondary N) is 4. The highest BCUT2D eigenvalue weighted by atomic mass is 16.4. The number of amides is 3. The molecule has 0 aliphatic heterocycles. The number of carboxylic acids is 1. The van der Waals surface area contributed by atoms with Crippen LogP contribution in [0.25, 0.3) is 10.9 Å². The quantitative estimate of drug-likeness (QED) is 0.0960. The van der Waals surface area contributed by atoms with E-state index in [1.807, 2.05) is 24.3 Å². The average molecular weight is 632 g/mol. The number of aromatic nitrogens is 1. The van der Waals surface area contributed by atoms with E-state index in [0.29, 0.717) is 16.7 Å². The highest BCUT2D eigenvalue weighted by Crippen LogP contribution is 2.20. The summed E-state index contributed by atoms with van der Waals surface area (Å²) in [6, 6.07) is 14.0. The Morgan fingerprint density at radius 2 is 1.20 bits per heavy atom. The summed E-state index contributed by atoms with van der Waals surface area (Å²) in [6.07, 6.45) is 0.315. The second kappa shape index (κ2) is 15.1. The molecular formula is C33H37N5O8. The van der Waals surface area contributed by atoms with Crippen molar-refractivity contribution in [2.24, 2.45) is 5.73 Å². The first-order valence-corrected chi connectivity index (χ1v) is 14.6. The van der Waals surface area contributed by atoms with E-state index in [1.165, 1.54) is 43.3 Å². The third-order valence-corrected chi connectivity index (χ3v) is 7.55. The molecule has 0 aliphatic carbocycles. The minimum Gasteiger partial charge on any atom is -0.508 e. The summed E-state index contributed by atoms with van der Waals surface area (Å²) in [5.41, 5.74) is 8.40. The maximum Gasteiger partial charge on any atom is 0.326 e. The lowest BCUT2D eigenvalue weighted by Crippen LogP contribution is -2.59. The van der Waals surface area contributed by atoms with Crippen LogP contribution in [-0.4, -0.2) is 79.4 Å². The number of rotatable bonds is 14. The number of aromatic hydroxyl groups is 2. The van der Waals surface area contributed by atoms with Gasteiger partial charge in [0.1, 0.15) is 35.7 Å². The first-order chi connectivity index (χ1) is 21.9. The number of nitrogens with two attached hydrogens (primary N) is 1. The fraction of sp³-hybridized carbons (Fsp3) is 0.273. The van der Waals surface area contributed by atoms with Crippen LogP contribution in [0, 0.1) is 0 Å². The molecule has 46 heavy (non-hydrogen) atoms. The van der Waals surface area contributed by atoms with Crippen molar-refractivity contribution in [3.05, 3.63) is 95.7 Å². The smallest absolute Gasteiger partial charge is 0.326 e. The van der Waals surface area contributed by atoms with E-state index >= 15 is 0 Å². The zero-order chi connectivity index (χ0) is 33.4. The molecule has 1 heterocycles. The van der Waals surface area contributed by atoms with Gasteiger partial charge in [-0.3, -0.25) is 14.4 Å². The lowest BCUT2D eigenvalue weighted by atomic mass is 10.0. The zero-order valence-corrected chi connectivity index (χ0v) is 25.0. The molecule has 5 atom stereocenters. The second-order valence-corrected chi connectivity index (χ2v) is 11.1. The average Bonchev–Trinajstić information content (AvgIpc) is 3.44. The highest BCUT2D eigenvalue weighted by molar-refractivity contribution is 5.95. The van der Waals surface area contributed by atoms with E-state index in [2.05, 4.69) is 20.9 Å². The Kier molecular flexibility index (Phi) is 11.0. The summed E-state index contributed by atoms with van der Waals surface area (Å²) in [5, 5.41) is 47.5. The lowest BCUT2D eigenvalue weighted by Gasteiger charge is -2.26. The normalized spacial score (nSPS) is 14.4. The number of aliphatic hydroxyl groups excluding tert-OH is 1. The number of phenolic OH excluding ortho intramolecular Hbond substituents is 2. The summed E-state index contributed by atoms with van der Waals surface area (Å²) < 4.78 is 0. The van der Waals surface area contributed by atoms with Gasteiger partial charge < -0.3 is 47.1 Å². The van der Waals surface area contributed by atoms with E-state index in [0.717, 1.165) is 10.9 Å². The third-order valence-electron chi connectivity index (χ3n) is 7.55. The van der Waals surface area contributed by atoms with E-state index in [1.54, 1.807) is 18.3 Å². The van der Waals surface area contributed by atoms with Gasteiger partial charge in [0.15, 0.2) is 0 Å². The molecule has 0 spiro atoms. The van der Waals surface area contributed by atoms with E-state index in [4.69, 9.17) is 5.73 Å². The van der Waals surface area contributed by atoms with Crippen molar-refractivity contribution in [1.82, 2.24) is 20.9 Å². The Bertz CT molecular complexity index is 1670. The predicted molar refractivity (Wildman–Crippen MR) is 169 cm³/mol. The molecule has 0 aliphatic rings. The number of phenols is 2. The van der Waals surface area contributed by atoms with Gasteiger partial charge in [-0.2, -0.15) is 0 Å². The van der Waals surface area contributed by atoms with Crippen molar-refractivity contribution in [2.45, 2.75) is 56.5 Å². The molecule has 1 aromatic heterocycles. The molecule has 10 N–H and O–H groups in total. The molecule has 0 saturated carbocycles. The van der Waals surface area contributed by atoms with Crippen molar-refractivity contribution in [3.8, 4) is 11.5 Å². The molecule has 0 fully saturated rings. The number of H-pyrrole nitrogens is 1. The van der Waals surface area contributed by atoms with Crippen LogP contribution in [0.2, 0.25) is 0 Å². The van der Waals surface area contributed by atoms with Crippen LogP contribution in [0.1, 0.15) is 23.6 Å². The number of aromatic amines is 1. The number of carbonyl (C=O) groups excluding carboxylic acids is 3. The molecule has 5 unspecified atom stereocenters. The van der Waals surface area contributed by atoms with Gasteiger partial charge in [0, 0.05) is 36.4 Å². The summed E-state index contributed by atoms with van der Waals surface area (Å²) in [4.78, 5) is 55.6. The number of aliphatic carboxylic acids is 1. The Morgan fingerprint density at radius 1 is 0.717 bits per heavy atom. The Balaban J connectivity index is 1.62. The molecule has 3 amide bonds. The van der Waals surface area contributed by atoms with Gasteiger partial charge in [-0.1, -0.05) is 42.5 Å². The van der Waals surface area contributed by atoms with Crippen LogP contribution < -0.4 is 21.7 Å². The van der Waals surface area contributed by atoms with Crippen LogP contribution in [0.15, 0.2) is 79.0 Å². The molecule has 3 aromatic carbocycles. The molecule has 0 bridgehead atoms. The van der Waals surface area contributed by atoms with Crippen molar-refractivity contribution < 1.29 is 39.6 Å². The Morgan fingerprint density at radius 3 is 1.74 bits per heavy atom. The molecule has 13 nitrogen and oxygen atoms in total. The van der Waals surface area contributed by atoms with Crippen molar-refractivity contribution in [2.75, 3.05) is 0 Å². The minimum atomic E-state index is -1.36. The SMILES string of the molecule is CC(O)C(N)C(=O)NC(Cc1ccc(O)cc1)C(=O)NC(Cc1c[nH]c2ccccc12)C(=O)NC(Cc1ccc(O)cc1)C(=O)O. The maximum absolute atomic E-state index is 13.8. The van der Waals surface area contributed by atoms with Crippen LogP contribution in [0.4, 0.5) is 0 Å². The summed E-state index contributed by atoms with van der Waals surface area (Å²) in [7, 11) is 0. The minimum absolute atomic E-state index is 0.000618.